The maximum Gasteiger partial charge on any atom is 0.433 e. The second-order valence-corrected chi connectivity index (χ2v) is 7.16. The Morgan fingerprint density at radius 2 is 2.00 bits per heavy atom. The molecule has 1 aliphatic heterocycles. The molecule has 0 bridgehead atoms. The lowest BCUT2D eigenvalue weighted by Crippen LogP contribution is -2.50. The number of anilines is 1. The number of nitrogens with zero attached hydrogens (tertiary/aromatic N) is 6. The second-order valence-electron chi connectivity index (χ2n) is 7.16. The third kappa shape index (κ3) is 4.69. The van der Waals surface area contributed by atoms with Crippen molar-refractivity contribution in [3.8, 4) is 5.69 Å². The third-order valence-electron chi connectivity index (χ3n) is 4.86. The summed E-state index contributed by atoms with van der Waals surface area (Å²) in [5.74, 6) is -0.490. The smallest absolute Gasteiger partial charge is 0.356 e. The highest BCUT2D eigenvalue weighted by Gasteiger charge is 2.33. The Labute approximate surface area is 181 Å². The van der Waals surface area contributed by atoms with Gasteiger partial charge >= 0.3 is 6.18 Å². The van der Waals surface area contributed by atoms with Gasteiger partial charge in [-0.2, -0.15) is 28.2 Å². The monoisotopic (exact) mass is 447 g/mol. The predicted molar refractivity (Wildman–Crippen MR) is 107 cm³/mol. The molecule has 1 atom stereocenters. The van der Waals surface area contributed by atoms with Crippen LogP contribution in [0.5, 0.6) is 0 Å². The number of alkyl halides is 3. The normalized spacial score (nSPS) is 16.8. The molecule has 1 amide bonds. The number of aromatic nitrogens is 5. The van der Waals surface area contributed by atoms with Gasteiger partial charge in [0.25, 0.3) is 5.91 Å². The lowest BCUT2D eigenvalue weighted by Gasteiger charge is -2.36. The van der Waals surface area contributed by atoms with Crippen LogP contribution in [0.4, 0.5) is 19.1 Å². The number of ether oxygens (including phenoxy) is 1. The Morgan fingerprint density at radius 1 is 1.22 bits per heavy atom. The highest BCUT2D eigenvalue weighted by Crippen LogP contribution is 2.27. The van der Waals surface area contributed by atoms with Crippen molar-refractivity contribution in [2.45, 2.75) is 25.7 Å². The number of carbonyl (C=O) groups is 1. The second kappa shape index (κ2) is 8.91. The Balaban J connectivity index is 1.55. The molecular formula is C20H20F3N7O2. The van der Waals surface area contributed by atoms with Crippen molar-refractivity contribution >= 4 is 11.9 Å². The van der Waals surface area contributed by atoms with Crippen molar-refractivity contribution in [1.29, 1.82) is 0 Å². The molecule has 0 aliphatic carbocycles. The first-order valence-corrected chi connectivity index (χ1v) is 9.87. The van der Waals surface area contributed by atoms with E-state index < -0.39 is 18.1 Å². The maximum absolute atomic E-state index is 13.4. The predicted octanol–water partition coefficient (Wildman–Crippen LogP) is 2.69. The molecule has 0 spiro atoms. The van der Waals surface area contributed by atoms with Crippen LogP contribution in [0.3, 0.4) is 0 Å². The molecule has 1 unspecified atom stereocenters. The number of carbonyl (C=O) groups excluding carboxylic acids is 1. The molecule has 0 radical (unpaired) electrons. The van der Waals surface area contributed by atoms with Crippen LogP contribution in [-0.4, -0.2) is 61.7 Å². The largest absolute Gasteiger partial charge is 0.433 e. The van der Waals surface area contributed by atoms with Gasteiger partial charge in [-0.05, 0) is 31.5 Å². The van der Waals surface area contributed by atoms with Crippen LogP contribution in [0, 0.1) is 6.92 Å². The summed E-state index contributed by atoms with van der Waals surface area (Å²) in [4.78, 5) is 23.7. The summed E-state index contributed by atoms with van der Waals surface area (Å²) in [6, 6.07) is 6.15. The van der Waals surface area contributed by atoms with Crippen LogP contribution in [0.1, 0.15) is 28.0 Å². The SMILES string of the molecule is Cc1ccc(-n2nccn2)c(C(=O)N2CCCOC2CNc2nccc(C(F)(F)F)n2)c1. The van der Waals surface area contributed by atoms with Gasteiger partial charge in [-0.1, -0.05) is 11.6 Å². The Hall–Kier alpha value is -3.54. The lowest BCUT2D eigenvalue weighted by atomic mass is 10.1. The van der Waals surface area contributed by atoms with Gasteiger partial charge in [0.1, 0.15) is 11.9 Å². The first-order chi connectivity index (χ1) is 15.3. The van der Waals surface area contributed by atoms with Crippen molar-refractivity contribution in [2.24, 2.45) is 0 Å². The summed E-state index contributed by atoms with van der Waals surface area (Å²) >= 11 is 0. The molecule has 3 aromatic rings. The molecule has 0 saturated carbocycles. The Kier molecular flexibility index (Phi) is 6.04. The fourth-order valence-electron chi connectivity index (χ4n) is 3.36. The van der Waals surface area contributed by atoms with E-state index in [0.29, 0.717) is 30.8 Å². The molecule has 4 rings (SSSR count). The number of rotatable bonds is 5. The molecule has 1 aliphatic rings. The van der Waals surface area contributed by atoms with Gasteiger partial charge in [-0.15, -0.1) is 0 Å². The maximum atomic E-state index is 13.4. The quantitative estimate of drug-likeness (QED) is 0.642. The first-order valence-electron chi connectivity index (χ1n) is 9.87. The highest BCUT2D eigenvalue weighted by atomic mass is 19.4. The van der Waals surface area contributed by atoms with Crippen molar-refractivity contribution in [3.63, 3.8) is 0 Å². The number of hydrogen-bond donors (Lipinski definition) is 1. The molecule has 9 nitrogen and oxygen atoms in total. The van der Waals surface area contributed by atoms with E-state index in [0.717, 1.165) is 17.8 Å². The molecule has 168 valence electrons. The topological polar surface area (TPSA) is 98.1 Å². The van der Waals surface area contributed by atoms with Gasteiger partial charge in [0.05, 0.1) is 36.8 Å². The van der Waals surface area contributed by atoms with E-state index in [2.05, 4.69) is 25.5 Å². The number of benzene rings is 1. The highest BCUT2D eigenvalue weighted by molar-refractivity contribution is 5.98. The van der Waals surface area contributed by atoms with Gasteiger partial charge < -0.3 is 15.0 Å². The van der Waals surface area contributed by atoms with Gasteiger partial charge in [-0.25, -0.2) is 9.97 Å². The molecule has 3 heterocycles. The summed E-state index contributed by atoms with van der Waals surface area (Å²) < 4.78 is 44.4. The summed E-state index contributed by atoms with van der Waals surface area (Å²) in [6.07, 6.45) is -0.610. The van der Waals surface area contributed by atoms with Crippen molar-refractivity contribution in [2.75, 3.05) is 25.0 Å². The summed E-state index contributed by atoms with van der Waals surface area (Å²) in [5.41, 5.74) is 0.744. The van der Waals surface area contributed by atoms with Crippen LogP contribution in [-0.2, 0) is 10.9 Å². The molecule has 1 N–H and O–H groups in total. The fourth-order valence-corrected chi connectivity index (χ4v) is 3.36. The zero-order valence-electron chi connectivity index (χ0n) is 17.1. The molecule has 32 heavy (non-hydrogen) atoms. The Bertz CT molecular complexity index is 1090. The number of halogens is 3. The zero-order valence-corrected chi connectivity index (χ0v) is 17.1. The van der Waals surface area contributed by atoms with E-state index in [1.807, 2.05) is 13.0 Å². The molecule has 12 heteroatoms. The molecule has 1 fully saturated rings. The van der Waals surface area contributed by atoms with E-state index in [-0.39, 0.29) is 18.4 Å². The van der Waals surface area contributed by atoms with Gasteiger partial charge in [0.2, 0.25) is 5.95 Å². The standard InChI is InChI=1S/C20H20F3N7O2/c1-13-3-4-15(30-26-7-8-27-30)14(11-13)18(31)29-9-2-10-32-17(29)12-25-19-24-6-5-16(28-19)20(21,22)23/h3-8,11,17H,2,9-10,12H2,1H3,(H,24,25,28). The number of hydrogen-bond acceptors (Lipinski definition) is 7. The van der Waals surface area contributed by atoms with E-state index in [9.17, 15) is 18.0 Å². The van der Waals surface area contributed by atoms with Crippen molar-refractivity contribution < 1.29 is 22.7 Å². The minimum atomic E-state index is -4.58. The van der Waals surface area contributed by atoms with Crippen LogP contribution >= 0.6 is 0 Å². The number of amides is 1. The average molecular weight is 447 g/mol. The van der Waals surface area contributed by atoms with Gasteiger partial charge in [-0.3, -0.25) is 4.79 Å². The van der Waals surface area contributed by atoms with Gasteiger partial charge in [0.15, 0.2) is 0 Å². The fraction of sp³-hybridized carbons (Fsp3) is 0.350. The zero-order chi connectivity index (χ0) is 22.7. The van der Waals surface area contributed by atoms with Gasteiger partial charge in [0, 0.05) is 12.7 Å². The molecule has 1 aromatic carbocycles. The number of aryl methyl sites for hydroxylation is 1. The van der Waals surface area contributed by atoms with Crippen LogP contribution < -0.4 is 5.32 Å². The van der Waals surface area contributed by atoms with Crippen molar-refractivity contribution in [3.05, 3.63) is 59.7 Å². The van der Waals surface area contributed by atoms with Crippen LogP contribution in [0.2, 0.25) is 0 Å². The average Bonchev–Trinajstić information content (AvgIpc) is 3.32. The summed E-state index contributed by atoms with van der Waals surface area (Å²) in [7, 11) is 0. The third-order valence-corrected chi connectivity index (χ3v) is 4.86. The lowest BCUT2D eigenvalue weighted by molar-refractivity contribution is -0.141. The Morgan fingerprint density at radius 3 is 2.75 bits per heavy atom. The van der Waals surface area contributed by atoms with Crippen LogP contribution in [0.25, 0.3) is 5.69 Å². The van der Waals surface area contributed by atoms with E-state index >= 15 is 0 Å². The molecular weight excluding hydrogens is 427 g/mol. The van der Waals surface area contributed by atoms with Crippen LogP contribution in [0.15, 0.2) is 42.9 Å². The minimum absolute atomic E-state index is 0.0220. The summed E-state index contributed by atoms with van der Waals surface area (Å²) in [6.45, 7) is 2.73. The number of nitrogens with one attached hydrogen (secondary N) is 1. The molecule has 2 aromatic heterocycles. The molecule has 1 saturated heterocycles. The first kappa shape index (κ1) is 21.7. The van der Waals surface area contributed by atoms with Crippen molar-refractivity contribution in [1.82, 2.24) is 29.9 Å². The van der Waals surface area contributed by atoms with E-state index in [1.54, 1.807) is 12.1 Å². The van der Waals surface area contributed by atoms with E-state index in [1.165, 1.54) is 22.1 Å². The summed E-state index contributed by atoms with van der Waals surface area (Å²) in [5, 5.41) is 11.0. The van der Waals surface area contributed by atoms with E-state index in [4.69, 9.17) is 4.74 Å². The minimum Gasteiger partial charge on any atom is -0.356 e.